The topological polar surface area (TPSA) is 46.0 Å². The first-order chi connectivity index (χ1) is 7.75. The number of aryl methyl sites for hydroxylation is 1. The Kier molecular flexibility index (Phi) is 1.97. The van der Waals surface area contributed by atoms with E-state index in [1.54, 1.807) is 4.63 Å². The van der Waals surface area contributed by atoms with Gasteiger partial charge in [-0.05, 0) is 6.92 Å². The SMILES string of the molecule is Cc1[nH]n2nc(-c3ccccc3)nc2c1Cl. The van der Waals surface area contributed by atoms with Gasteiger partial charge in [0.05, 0.1) is 5.69 Å². The molecule has 0 amide bonds. The molecular weight excluding hydrogens is 224 g/mol. The molecule has 0 aliphatic carbocycles. The van der Waals surface area contributed by atoms with E-state index in [0.29, 0.717) is 16.5 Å². The normalized spacial score (nSPS) is 11.1. The highest BCUT2D eigenvalue weighted by molar-refractivity contribution is 6.34. The van der Waals surface area contributed by atoms with Crippen LogP contribution in [0.15, 0.2) is 30.3 Å². The number of H-pyrrole nitrogens is 1. The predicted octanol–water partition coefficient (Wildman–Crippen LogP) is 2.69. The molecule has 16 heavy (non-hydrogen) atoms. The molecule has 1 aromatic carbocycles. The lowest BCUT2D eigenvalue weighted by atomic mass is 10.2. The molecule has 0 spiro atoms. The van der Waals surface area contributed by atoms with E-state index >= 15 is 0 Å². The third-order valence-corrected chi connectivity index (χ3v) is 2.89. The summed E-state index contributed by atoms with van der Waals surface area (Å²) in [5, 5.41) is 7.98. The number of aromatic nitrogens is 4. The molecule has 0 saturated carbocycles. The molecule has 0 radical (unpaired) electrons. The third-order valence-electron chi connectivity index (χ3n) is 2.44. The number of nitrogens with one attached hydrogen (secondary N) is 1. The van der Waals surface area contributed by atoms with Gasteiger partial charge in [-0.25, -0.2) is 4.98 Å². The number of nitrogens with zero attached hydrogens (tertiary/aromatic N) is 3. The molecule has 0 atom stereocenters. The fourth-order valence-corrected chi connectivity index (χ4v) is 1.78. The van der Waals surface area contributed by atoms with Crippen molar-refractivity contribution in [2.45, 2.75) is 6.92 Å². The van der Waals surface area contributed by atoms with Gasteiger partial charge in [-0.2, -0.15) is 4.63 Å². The van der Waals surface area contributed by atoms with Crippen LogP contribution in [0.1, 0.15) is 5.69 Å². The molecule has 0 unspecified atom stereocenters. The van der Waals surface area contributed by atoms with Gasteiger partial charge in [0, 0.05) is 5.56 Å². The van der Waals surface area contributed by atoms with Crippen molar-refractivity contribution in [1.82, 2.24) is 19.8 Å². The lowest BCUT2D eigenvalue weighted by Gasteiger charge is -1.92. The highest BCUT2D eigenvalue weighted by Crippen LogP contribution is 2.22. The van der Waals surface area contributed by atoms with E-state index in [4.69, 9.17) is 11.6 Å². The zero-order chi connectivity index (χ0) is 11.1. The zero-order valence-corrected chi connectivity index (χ0v) is 9.36. The van der Waals surface area contributed by atoms with Gasteiger partial charge in [0.2, 0.25) is 0 Å². The van der Waals surface area contributed by atoms with Gasteiger partial charge in [-0.3, -0.25) is 5.10 Å². The van der Waals surface area contributed by atoms with Crippen molar-refractivity contribution >= 4 is 17.2 Å². The van der Waals surface area contributed by atoms with E-state index in [0.717, 1.165) is 11.3 Å². The van der Waals surface area contributed by atoms with Gasteiger partial charge in [0.1, 0.15) is 5.02 Å². The number of halogens is 1. The molecular formula is C11H9ClN4. The van der Waals surface area contributed by atoms with Crippen LogP contribution in [0.4, 0.5) is 0 Å². The first-order valence-corrected chi connectivity index (χ1v) is 5.30. The minimum atomic E-state index is 0.620. The number of fused-ring (bicyclic) bond motifs is 1. The fraction of sp³-hybridized carbons (Fsp3) is 0.0909. The Morgan fingerprint density at radius 3 is 2.69 bits per heavy atom. The Morgan fingerprint density at radius 1 is 1.25 bits per heavy atom. The molecule has 5 heteroatoms. The molecule has 0 bridgehead atoms. The van der Waals surface area contributed by atoms with Gasteiger partial charge >= 0.3 is 0 Å². The summed E-state index contributed by atoms with van der Waals surface area (Å²) in [6, 6.07) is 9.81. The average Bonchev–Trinajstić information content (AvgIpc) is 2.82. The number of aromatic amines is 1. The summed E-state index contributed by atoms with van der Waals surface area (Å²) in [5.41, 5.74) is 2.52. The number of benzene rings is 1. The number of hydrogen-bond donors (Lipinski definition) is 1. The standard InChI is InChI=1S/C11H9ClN4/c1-7-9(12)11-13-10(15-16(11)14-7)8-5-3-2-4-6-8/h2-6,14H,1H3. The number of rotatable bonds is 1. The van der Waals surface area contributed by atoms with Crippen LogP contribution in [0, 0.1) is 6.92 Å². The van der Waals surface area contributed by atoms with E-state index in [1.165, 1.54) is 0 Å². The fourth-order valence-electron chi connectivity index (χ4n) is 1.62. The minimum absolute atomic E-state index is 0.620. The van der Waals surface area contributed by atoms with Gasteiger partial charge in [-0.1, -0.05) is 41.9 Å². The summed E-state index contributed by atoms with van der Waals surface area (Å²) < 4.78 is 1.60. The molecule has 0 saturated heterocycles. The Bertz CT molecular complexity index is 639. The molecule has 3 rings (SSSR count). The van der Waals surface area contributed by atoms with E-state index in [9.17, 15) is 0 Å². The van der Waals surface area contributed by atoms with Crippen LogP contribution < -0.4 is 0 Å². The van der Waals surface area contributed by atoms with Crippen LogP contribution >= 0.6 is 11.6 Å². The van der Waals surface area contributed by atoms with Crippen LogP contribution in [-0.2, 0) is 0 Å². The Hall–Kier alpha value is -1.81. The van der Waals surface area contributed by atoms with Crippen molar-refractivity contribution in [1.29, 1.82) is 0 Å². The zero-order valence-electron chi connectivity index (χ0n) is 8.61. The quantitative estimate of drug-likeness (QED) is 0.701. The smallest absolute Gasteiger partial charge is 0.194 e. The van der Waals surface area contributed by atoms with Crippen molar-refractivity contribution in [3.05, 3.63) is 41.0 Å². The highest BCUT2D eigenvalue weighted by Gasteiger charge is 2.12. The summed E-state index contributed by atoms with van der Waals surface area (Å²) in [6.45, 7) is 1.89. The van der Waals surface area contributed by atoms with Crippen LogP contribution in [0.3, 0.4) is 0 Å². The molecule has 0 fully saturated rings. The van der Waals surface area contributed by atoms with Crippen LogP contribution in [0.25, 0.3) is 17.0 Å². The molecule has 2 aromatic heterocycles. The summed E-state index contributed by atoms with van der Waals surface area (Å²) in [6.07, 6.45) is 0. The van der Waals surface area contributed by atoms with Crippen molar-refractivity contribution in [2.24, 2.45) is 0 Å². The van der Waals surface area contributed by atoms with Crippen molar-refractivity contribution in [3.63, 3.8) is 0 Å². The van der Waals surface area contributed by atoms with Crippen LogP contribution in [0.2, 0.25) is 5.02 Å². The van der Waals surface area contributed by atoms with Crippen molar-refractivity contribution < 1.29 is 0 Å². The second kappa shape index (κ2) is 3.35. The molecule has 2 heterocycles. The maximum Gasteiger partial charge on any atom is 0.194 e. The summed E-state index contributed by atoms with van der Waals surface area (Å²) >= 11 is 6.09. The largest absolute Gasteiger partial charge is 0.279 e. The summed E-state index contributed by atoms with van der Waals surface area (Å²) in [5.74, 6) is 0.675. The monoisotopic (exact) mass is 232 g/mol. The predicted molar refractivity (Wildman–Crippen MR) is 62.5 cm³/mol. The Labute approximate surface area is 96.9 Å². The minimum Gasteiger partial charge on any atom is -0.279 e. The van der Waals surface area contributed by atoms with E-state index in [-0.39, 0.29) is 0 Å². The second-order valence-corrected chi connectivity index (χ2v) is 3.97. The lowest BCUT2D eigenvalue weighted by molar-refractivity contribution is 0.810. The maximum absolute atomic E-state index is 6.09. The second-order valence-electron chi connectivity index (χ2n) is 3.59. The molecule has 0 aliphatic heterocycles. The van der Waals surface area contributed by atoms with Crippen molar-refractivity contribution in [3.8, 4) is 11.4 Å². The van der Waals surface area contributed by atoms with E-state index < -0.39 is 0 Å². The molecule has 0 aliphatic rings. The summed E-state index contributed by atoms with van der Waals surface area (Å²) in [7, 11) is 0. The van der Waals surface area contributed by atoms with Gasteiger partial charge in [-0.15, -0.1) is 5.10 Å². The molecule has 4 nitrogen and oxygen atoms in total. The van der Waals surface area contributed by atoms with Crippen LogP contribution in [0.5, 0.6) is 0 Å². The molecule has 3 aromatic rings. The first kappa shape index (κ1) is 9.42. The number of hydrogen-bond acceptors (Lipinski definition) is 2. The van der Waals surface area contributed by atoms with Gasteiger partial charge < -0.3 is 0 Å². The maximum atomic E-state index is 6.09. The van der Waals surface area contributed by atoms with E-state index in [1.807, 2.05) is 37.3 Å². The van der Waals surface area contributed by atoms with Gasteiger partial charge in [0.15, 0.2) is 11.5 Å². The Balaban J connectivity index is 2.20. The molecule has 80 valence electrons. The van der Waals surface area contributed by atoms with Crippen molar-refractivity contribution in [2.75, 3.05) is 0 Å². The summed E-state index contributed by atoms with van der Waals surface area (Å²) in [4.78, 5) is 4.39. The average molecular weight is 233 g/mol. The first-order valence-electron chi connectivity index (χ1n) is 4.92. The van der Waals surface area contributed by atoms with E-state index in [2.05, 4.69) is 15.2 Å². The van der Waals surface area contributed by atoms with Gasteiger partial charge in [0.25, 0.3) is 0 Å². The Morgan fingerprint density at radius 2 is 2.00 bits per heavy atom. The van der Waals surface area contributed by atoms with Crippen LogP contribution in [-0.4, -0.2) is 19.8 Å². The molecule has 1 N–H and O–H groups in total. The third kappa shape index (κ3) is 1.31. The highest BCUT2D eigenvalue weighted by atomic mass is 35.5. The lowest BCUT2D eigenvalue weighted by Crippen LogP contribution is -1.87.